The fourth-order valence-electron chi connectivity index (χ4n) is 2.46. The minimum absolute atomic E-state index is 0.0594. The summed E-state index contributed by atoms with van der Waals surface area (Å²) in [5, 5.41) is 6.38. The molecule has 0 unspecified atom stereocenters. The Hall–Kier alpha value is -0.180. The Morgan fingerprint density at radius 1 is 0.778 bits per heavy atom. The molecule has 0 spiro atoms. The molecule has 18 heavy (non-hydrogen) atoms. The van der Waals surface area contributed by atoms with Crippen molar-refractivity contribution in [3.05, 3.63) is 0 Å². The van der Waals surface area contributed by atoms with Crippen molar-refractivity contribution in [2.75, 3.05) is 36.1 Å². The van der Waals surface area contributed by atoms with Crippen LogP contribution in [0.2, 0.25) is 0 Å². The molecule has 8 heteroatoms. The number of nitrogens with one attached hydrogen (secondary N) is 2. The molecular weight excluding hydrogens is 276 g/mol. The first kappa shape index (κ1) is 14.2. The van der Waals surface area contributed by atoms with Crippen molar-refractivity contribution in [2.45, 2.75) is 24.9 Å². The third-order valence-electron chi connectivity index (χ3n) is 3.46. The summed E-state index contributed by atoms with van der Waals surface area (Å²) in [7, 11) is -5.65. The van der Waals surface area contributed by atoms with E-state index in [2.05, 4.69) is 10.6 Å². The lowest BCUT2D eigenvalue weighted by Gasteiger charge is -2.13. The molecule has 2 saturated heterocycles. The SMILES string of the molecule is O=S1(=O)CC[C@@H](NCCN[C@@H]2CCS(=O)(=O)C2)C1. The molecule has 0 aromatic rings. The second-order valence-electron chi connectivity index (χ2n) is 5.11. The normalized spacial score (nSPS) is 33.8. The summed E-state index contributed by atoms with van der Waals surface area (Å²) in [4.78, 5) is 0. The molecule has 106 valence electrons. The molecule has 0 aromatic heterocycles. The van der Waals surface area contributed by atoms with E-state index in [0.717, 1.165) is 0 Å². The summed E-state index contributed by atoms with van der Waals surface area (Å²) in [6.45, 7) is 1.35. The summed E-state index contributed by atoms with van der Waals surface area (Å²) in [6, 6.07) is 0.119. The molecule has 2 aliphatic heterocycles. The molecule has 2 heterocycles. The molecule has 0 bridgehead atoms. The Kier molecular flexibility index (Phi) is 4.30. The van der Waals surface area contributed by atoms with E-state index in [1.165, 1.54) is 0 Å². The van der Waals surface area contributed by atoms with Crippen LogP contribution in [0.3, 0.4) is 0 Å². The zero-order valence-electron chi connectivity index (χ0n) is 10.3. The summed E-state index contributed by atoms with van der Waals surface area (Å²) < 4.78 is 44.9. The average Bonchev–Trinajstić information content (AvgIpc) is 2.76. The summed E-state index contributed by atoms with van der Waals surface area (Å²) >= 11 is 0. The maximum Gasteiger partial charge on any atom is 0.151 e. The van der Waals surface area contributed by atoms with Gasteiger partial charge in [0.05, 0.1) is 23.0 Å². The summed E-state index contributed by atoms with van der Waals surface area (Å²) in [5.74, 6) is 1.01. The van der Waals surface area contributed by atoms with E-state index in [9.17, 15) is 16.8 Å². The molecule has 2 rings (SSSR count). The Balaban J connectivity index is 1.60. The molecule has 0 amide bonds. The third-order valence-corrected chi connectivity index (χ3v) is 6.99. The maximum absolute atomic E-state index is 11.2. The molecule has 0 aliphatic carbocycles. The van der Waals surface area contributed by atoms with E-state index in [1.807, 2.05) is 0 Å². The predicted molar refractivity (Wildman–Crippen MR) is 70.1 cm³/mol. The highest BCUT2D eigenvalue weighted by atomic mass is 32.2. The van der Waals surface area contributed by atoms with E-state index in [4.69, 9.17) is 0 Å². The molecule has 0 radical (unpaired) electrons. The van der Waals surface area contributed by atoms with Crippen molar-refractivity contribution < 1.29 is 16.8 Å². The maximum atomic E-state index is 11.2. The fraction of sp³-hybridized carbons (Fsp3) is 1.00. The quantitative estimate of drug-likeness (QED) is 0.602. The minimum Gasteiger partial charge on any atom is -0.312 e. The molecule has 0 aromatic carbocycles. The Morgan fingerprint density at radius 3 is 1.44 bits per heavy atom. The number of hydrogen-bond donors (Lipinski definition) is 2. The second-order valence-corrected chi connectivity index (χ2v) is 9.57. The first-order valence-corrected chi connectivity index (χ1v) is 9.88. The standard InChI is InChI=1S/C10H20N2O4S2/c13-17(14)5-1-9(7-17)11-3-4-12-10-2-6-18(15,16)8-10/h9-12H,1-8H2/t9-,10-/m1/s1. The van der Waals surface area contributed by atoms with Gasteiger partial charge in [0.1, 0.15) is 0 Å². The second kappa shape index (κ2) is 5.44. The van der Waals surface area contributed by atoms with E-state index < -0.39 is 19.7 Å². The van der Waals surface area contributed by atoms with Crippen molar-refractivity contribution in [1.29, 1.82) is 0 Å². The van der Waals surface area contributed by atoms with Gasteiger partial charge in [-0.25, -0.2) is 16.8 Å². The van der Waals surface area contributed by atoms with Crippen molar-refractivity contribution in [3.63, 3.8) is 0 Å². The van der Waals surface area contributed by atoms with Gasteiger partial charge >= 0.3 is 0 Å². The monoisotopic (exact) mass is 296 g/mol. The summed E-state index contributed by atoms with van der Waals surface area (Å²) in [5.41, 5.74) is 0. The molecule has 2 aliphatic rings. The Bertz CT molecular complexity index is 440. The molecule has 6 nitrogen and oxygen atoms in total. The average molecular weight is 296 g/mol. The van der Waals surface area contributed by atoms with Crippen LogP contribution in [-0.2, 0) is 19.7 Å². The van der Waals surface area contributed by atoms with Crippen molar-refractivity contribution in [2.24, 2.45) is 0 Å². The Morgan fingerprint density at radius 2 is 1.17 bits per heavy atom. The van der Waals surface area contributed by atoms with Gasteiger partial charge in [-0.05, 0) is 12.8 Å². The fourth-order valence-corrected chi connectivity index (χ4v) is 5.88. The first-order chi connectivity index (χ1) is 8.36. The van der Waals surface area contributed by atoms with Gasteiger partial charge in [0.2, 0.25) is 0 Å². The first-order valence-electron chi connectivity index (χ1n) is 6.24. The van der Waals surface area contributed by atoms with Crippen LogP contribution in [0.4, 0.5) is 0 Å². The molecule has 0 saturated carbocycles. The van der Waals surface area contributed by atoms with Crippen molar-refractivity contribution >= 4 is 19.7 Å². The predicted octanol–water partition coefficient (Wildman–Crippen LogP) is -1.46. The van der Waals surface area contributed by atoms with Gasteiger partial charge in [0, 0.05) is 25.2 Å². The van der Waals surface area contributed by atoms with Crippen LogP contribution in [0.25, 0.3) is 0 Å². The topological polar surface area (TPSA) is 92.3 Å². The lowest BCUT2D eigenvalue weighted by molar-refractivity contribution is 0.499. The van der Waals surface area contributed by atoms with Crippen LogP contribution >= 0.6 is 0 Å². The van der Waals surface area contributed by atoms with E-state index in [0.29, 0.717) is 25.9 Å². The third kappa shape index (κ3) is 4.18. The highest BCUT2D eigenvalue weighted by molar-refractivity contribution is 7.91. The number of rotatable bonds is 5. The van der Waals surface area contributed by atoms with Crippen LogP contribution in [-0.4, -0.2) is 65.0 Å². The lowest BCUT2D eigenvalue weighted by Crippen LogP contribution is -2.39. The zero-order valence-corrected chi connectivity index (χ0v) is 11.9. The number of sulfone groups is 2. The van der Waals surface area contributed by atoms with Crippen LogP contribution in [0, 0.1) is 0 Å². The van der Waals surface area contributed by atoms with E-state index >= 15 is 0 Å². The van der Waals surface area contributed by atoms with Crippen molar-refractivity contribution in [1.82, 2.24) is 10.6 Å². The molecule has 2 N–H and O–H groups in total. The number of hydrogen-bond acceptors (Lipinski definition) is 6. The van der Waals surface area contributed by atoms with Crippen LogP contribution in [0.5, 0.6) is 0 Å². The van der Waals surface area contributed by atoms with Gasteiger partial charge in [-0.15, -0.1) is 0 Å². The van der Waals surface area contributed by atoms with Gasteiger partial charge in [0.15, 0.2) is 19.7 Å². The largest absolute Gasteiger partial charge is 0.312 e. The van der Waals surface area contributed by atoms with Gasteiger partial charge in [-0.2, -0.15) is 0 Å². The zero-order chi connectivity index (χ0) is 13.2. The van der Waals surface area contributed by atoms with Gasteiger partial charge in [-0.3, -0.25) is 0 Å². The highest BCUT2D eigenvalue weighted by Crippen LogP contribution is 2.12. The van der Waals surface area contributed by atoms with Crippen LogP contribution in [0.15, 0.2) is 0 Å². The van der Waals surface area contributed by atoms with Crippen LogP contribution in [0.1, 0.15) is 12.8 Å². The van der Waals surface area contributed by atoms with Gasteiger partial charge in [-0.1, -0.05) is 0 Å². The molecule has 2 fully saturated rings. The molecule has 2 atom stereocenters. The van der Waals surface area contributed by atoms with Crippen LogP contribution < -0.4 is 10.6 Å². The van der Waals surface area contributed by atoms with E-state index in [1.54, 1.807) is 0 Å². The van der Waals surface area contributed by atoms with Gasteiger partial charge < -0.3 is 10.6 Å². The highest BCUT2D eigenvalue weighted by Gasteiger charge is 2.28. The van der Waals surface area contributed by atoms with Crippen molar-refractivity contribution in [3.8, 4) is 0 Å². The summed E-state index contributed by atoms with van der Waals surface area (Å²) in [6.07, 6.45) is 1.36. The smallest absolute Gasteiger partial charge is 0.151 e. The van der Waals surface area contributed by atoms with Gasteiger partial charge in [0.25, 0.3) is 0 Å². The molecular formula is C10H20N2O4S2. The minimum atomic E-state index is -2.83. The van der Waals surface area contributed by atoms with E-state index in [-0.39, 0.29) is 35.1 Å². The lowest BCUT2D eigenvalue weighted by atomic mass is 10.2. The Labute approximate surface area is 108 Å².